The van der Waals surface area contributed by atoms with Crippen LogP contribution in [-0.2, 0) is 20.7 Å². The first kappa shape index (κ1) is 13.7. The van der Waals surface area contributed by atoms with E-state index in [1.165, 1.54) is 0 Å². The average Bonchev–Trinajstić information content (AvgIpc) is 2.49. The molecule has 1 atom stereocenters. The van der Waals surface area contributed by atoms with E-state index < -0.39 is 0 Å². The second-order valence-corrected chi connectivity index (χ2v) is 5.83. The topological polar surface area (TPSA) is 48.4 Å². The van der Waals surface area contributed by atoms with Gasteiger partial charge in [0.05, 0.1) is 5.60 Å². The predicted molar refractivity (Wildman–Crippen MR) is 74.4 cm³/mol. The summed E-state index contributed by atoms with van der Waals surface area (Å²) in [6.07, 6.45) is 7.56. The van der Waals surface area contributed by atoms with Crippen LogP contribution in [0, 0.1) is 5.92 Å². The van der Waals surface area contributed by atoms with Gasteiger partial charge in [-0.3, -0.25) is 9.78 Å². The summed E-state index contributed by atoms with van der Waals surface area (Å²) in [4.78, 5) is 16.5. The van der Waals surface area contributed by atoms with Crippen LogP contribution in [0.2, 0.25) is 0 Å². The van der Waals surface area contributed by atoms with Gasteiger partial charge in [-0.25, -0.2) is 0 Å². The molecular weight excluding hydrogens is 254 g/mol. The Bertz CT molecular complexity index is 449. The number of ether oxygens (including phenoxy) is 2. The van der Waals surface area contributed by atoms with E-state index in [1.807, 2.05) is 12.1 Å². The minimum Gasteiger partial charge on any atom is -0.381 e. The lowest BCUT2D eigenvalue weighted by atomic mass is 9.78. The molecule has 0 bridgehead atoms. The molecule has 2 aliphatic heterocycles. The molecule has 1 aromatic rings. The van der Waals surface area contributed by atoms with Crippen LogP contribution in [0.5, 0.6) is 0 Å². The molecule has 2 fully saturated rings. The van der Waals surface area contributed by atoms with Gasteiger partial charge in [-0.15, -0.1) is 0 Å². The number of nitrogens with zero attached hydrogens (tertiary/aromatic N) is 1. The average molecular weight is 275 g/mol. The van der Waals surface area contributed by atoms with Crippen LogP contribution in [0.25, 0.3) is 0 Å². The van der Waals surface area contributed by atoms with Crippen molar-refractivity contribution >= 4 is 5.78 Å². The molecule has 0 aliphatic carbocycles. The van der Waals surface area contributed by atoms with Crippen LogP contribution in [0.1, 0.15) is 31.2 Å². The summed E-state index contributed by atoms with van der Waals surface area (Å²) >= 11 is 0. The van der Waals surface area contributed by atoms with Gasteiger partial charge in [0.2, 0.25) is 0 Å². The van der Waals surface area contributed by atoms with E-state index in [0.717, 1.165) is 44.5 Å². The molecule has 3 rings (SSSR count). The molecule has 2 aliphatic rings. The lowest BCUT2D eigenvalue weighted by Gasteiger charge is -2.42. The van der Waals surface area contributed by atoms with Gasteiger partial charge in [0.15, 0.2) is 0 Å². The summed E-state index contributed by atoms with van der Waals surface area (Å²) < 4.78 is 11.4. The number of carbonyl (C=O) groups is 1. The number of ketones is 1. The predicted octanol–water partition coefficient (Wildman–Crippen LogP) is 2.17. The van der Waals surface area contributed by atoms with Crippen molar-refractivity contribution in [3.05, 3.63) is 30.1 Å². The lowest BCUT2D eigenvalue weighted by molar-refractivity contribution is -0.156. The van der Waals surface area contributed by atoms with E-state index in [2.05, 4.69) is 4.98 Å². The molecule has 0 aromatic carbocycles. The molecule has 0 N–H and O–H groups in total. The second-order valence-electron chi connectivity index (χ2n) is 5.83. The third-order valence-corrected chi connectivity index (χ3v) is 4.48. The molecule has 108 valence electrons. The van der Waals surface area contributed by atoms with E-state index in [9.17, 15) is 4.79 Å². The highest BCUT2D eigenvalue weighted by molar-refractivity contribution is 5.83. The summed E-state index contributed by atoms with van der Waals surface area (Å²) in [5.41, 5.74) is 0.951. The second kappa shape index (κ2) is 6.02. The number of carbonyl (C=O) groups excluding carboxylic acids is 1. The quantitative estimate of drug-likeness (QED) is 0.848. The fourth-order valence-electron chi connectivity index (χ4n) is 3.24. The number of hydrogen-bond donors (Lipinski definition) is 0. The Morgan fingerprint density at radius 3 is 2.75 bits per heavy atom. The van der Waals surface area contributed by atoms with Crippen LogP contribution < -0.4 is 0 Å². The molecule has 0 radical (unpaired) electrons. The number of pyridine rings is 1. The number of Topliss-reactive ketones (excluding diaryl/α,β-unsaturated/α-hetero) is 1. The molecule has 4 heteroatoms. The van der Waals surface area contributed by atoms with E-state index in [-0.39, 0.29) is 11.5 Å². The van der Waals surface area contributed by atoms with Crippen molar-refractivity contribution in [2.24, 2.45) is 5.92 Å². The van der Waals surface area contributed by atoms with Gasteiger partial charge in [-0.2, -0.15) is 0 Å². The normalized spacial score (nSPS) is 25.5. The van der Waals surface area contributed by atoms with Crippen molar-refractivity contribution in [2.45, 2.75) is 37.7 Å². The Morgan fingerprint density at radius 1 is 1.25 bits per heavy atom. The lowest BCUT2D eigenvalue weighted by Crippen LogP contribution is -2.46. The smallest absolute Gasteiger partial charge is 0.140 e. The Hall–Kier alpha value is -1.26. The Kier molecular flexibility index (Phi) is 4.13. The molecule has 2 saturated heterocycles. The van der Waals surface area contributed by atoms with Crippen LogP contribution in [0.4, 0.5) is 0 Å². The van der Waals surface area contributed by atoms with E-state index in [0.29, 0.717) is 18.8 Å². The van der Waals surface area contributed by atoms with Crippen molar-refractivity contribution in [1.29, 1.82) is 0 Å². The van der Waals surface area contributed by atoms with Gasteiger partial charge in [0.1, 0.15) is 5.78 Å². The maximum Gasteiger partial charge on any atom is 0.140 e. The van der Waals surface area contributed by atoms with Gasteiger partial charge >= 0.3 is 0 Å². The van der Waals surface area contributed by atoms with Crippen LogP contribution in [0.15, 0.2) is 24.5 Å². The van der Waals surface area contributed by atoms with Crippen molar-refractivity contribution in [3.63, 3.8) is 0 Å². The molecule has 1 aromatic heterocycles. The first-order valence-electron chi connectivity index (χ1n) is 7.41. The van der Waals surface area contributed by atoms with E-state index in [4.69, 9.17) is 9.47 Å². The zero-order chi connectivity index (χ0) is 13.8. The highest BCUT2D eigenvalue weighted by atomic mass is 16.5. The van der Waals surface area contributed by atoms with Gasteiger partial charge in [0, 0.05) is 44.6 Å². The van der Waals surface area contributed by atoms with Crippen molar-refractivity contribution in [2.75, 3.05) is 19.8 Å². The largest absolute Gasteiger partial charge is 0.381 e. The van der Waals surface area contributed by atoms with Crippen LogP contribution in [-0.4, -0.2) is 36.2 Å². The minimum atomic E-state index is -0.102. The van der Waals surface area contributed by atoms with Gasteiger partial charge in [-0.1, -0.05) is 0 Å². The first-order chi connectivity index (χ1) is 9.77. The minimum absolute atomic E-state index is 0.102. The number of hydrogen-bond acceptors (Lipinski definition) is 4. The summed E-state index contributed by atoms with van der Waals surface area (Å²) in [6, 6.07) is 3.84. The summed E-state index contributed by atoms with van der Waals surface area (Å²) in [5.74, 6) is 0.473. The van der Waals surface area contributed by atoms with Crippen molar-refractivity contribution < 1.29 is 14.3 Å². The molecule has 1 spiro atoms. The molecule has 3 heterocycles. The molecule has 0 amide bonds. The van der Waals surface area contributed by atoms with Crippen LogP contribution >= 0.6 is 0 Å². The fourth-order valence-corrected chi connectivity index (χ4v) is 3.24. The SMILES string of the molecule is O=C(Cc1ccncc1)C1CCOC2(CCOCC2)C1. The van der Waals surface area contributed by atoms with Gasteiger partial charge in [-0.05, 0) is 43.4 Å². The Labute approximate surface area is 119 Å². The highest BCUT2D eigenvalue weighted by Gasteiger charge is 2.40. The maximum absolute atomic E-state index is 12.5. The first-order valence-corrected chi connectivity index (χ1v) is 7.41. The van der Waals surface area contributed by atoms with Gasteiger partial charge in [0.25, 0.3) is 0 Å². The fraction of sp³-hybridized carbons (Fsp3) is 0.625. The Balaban J connectivity index is 1.63. The highest BCUT2D eigenvalue weighted by Crippen LogP contribution is 2.37. The van der Waals surface area contributed by atoms with Crippen molar-refractivity contribution in [1.82, 2.24) is 4.98 Å². The zero-order valence-electron chi connectivity index (χ0n) is 11.7. The molecular formula is C16H21NO3. The summed E-state index contributed by atoms with van der Waals surface area (Å²) in [7, 11) is 0. The molecule has 20 heavy (non-hydrogen) atoms. The van der Waals surface area contributed by atoms with E-state index >= 15 is 0 Å². The monoisotopic (exact) mass is 275 g/mol. The molecule has 4 nitrogen and oxygen atoms in total. The Morgan fingerprint density at radius 2 is 2.00 bits per heavy atom. The zero-order valence-corrected chi connectivity index (χ0v) is 11.7. The van der Waals surface area contributed by atoms with E-state index in [1.54, 1.807) is 12.4 Å². The van der Waals surface area contributed by atoms with Crippen molar-refractivity contribution in [3.8, 4) is 0 Å². The van der Waals surface area contributed by atoms with Gasteiger partial charge < -0.3 is 9.47 Å². The third-order valence-electron chi connectivity index (χ3n) is 4.48. The maximum atomic E-state index is 12.5. The number of rotatable bonds is 3. The molecule has 1 unspecified atom stereocenters. The third kappa shape index (κ3) is 3.07. The van der Waals surface area contributed by atoms with Crippen LogP contribution in [0.3, 0.4) is 0 Å². The summed E-state index contributed by atoms with van der Waals surface area (Å²) in [5, 5.41) is 0. The number of aromatic nitrogens is 1. The molecule has 0 saturated carbocycles. The standard InChI is InChI=1S/C16H21NO3/c18-15(11-13-1-6-17-7-2-13)14-3-8-20-16(12-14)4-9-19-10-5-16/h1-2,6-7,14H,3-5,8-12H2. The summed E-state index contributed by atoms with van der Waals surface area (Å²) in [6.45, 7) is 2.21.